The summed E-state index contributed by atoms with van der Waals surface area (Å²) in [7, 11) is 0. The second-order valence-electron chi connectivity index (χ2n) is 10.8. The zero-order chi connectivity index (χ0) is 31.3. The Morgan fingerprint density at radius 1 is 1.04 bits per heavy atom. The number of furan rings is 1. The SMILES string of the molecule is O=C(COCc1cccc2c1C(=O)N(C1CCC(=O)NC1=O)C2=O)NCCCNC(c1cccnc1)c1cc2ccccc2o1. The van der Waals surface area contributed by atoms with E-state index in [0.717, 1.165) is 27.2 Å². The van der Waals surface area contributed by atoms with Crippen LogP contribution in [0.3, 0.4) is 0 Å². The van der Waals surface area contributed by atoms with Gasteiger partial charge in [0.25, 0.3) is 11.8 Å². The average molecular weight is 610 g/mol. The molecule has 3 N–H and O–H groups in total. The fraction of sp³-hybridized carbons (Fsp3) is 0.273. The lowest BCUT2D eigenvalue weighted by molar-refractivity contribution is -0.136. The standard InChI is InChI=1S/C33H31N5O7/c39-27-12-11-24(31(41)37-27)38-32(42)23-9-3-7-22(29(23)33(38)43)18-44-19-28(40)35-14-5-15-36-30(21-8-4-13-34-17-21)26-16-20-6-1-2-10-25(20)45-26/h1-4,6-10,13,16-17,24,30,36H,5,11-12,14-15,18-19H2,(H,35,40)(H,37,39,41). The summed E-state index contributed by atoms with van der Waals surface area (Å²) >= 11 is 0. The van der Waals surface area contributed by atoms with Crippen molar-refractivity contribution in [3.63, 3.8) is 0 Å². The number of rotatable bonds is 12. The Labute approximate surface area is 258 Å². The van der Waals surface area contributed by atoms with Gasteiger partial charge in [0, 0.05) is 30.7 Å². The van der Waals surface area contributed by atoms with Gasteiger partial charge in [0.2, 0.25) is 17.7 Å². The van der Waals surface area contributed by atoms with Crippen LogP contribution >= 0.6 is 0 Å². The largest absolute Gasteiger partial charge is 0.459 e. The van der Waals surface area contributed by atoms with E-state index in [2.05, 4.69) is 20.9 Å². The number of piperidine rings is 1. The van der Waals surface area contributed by atoms with Crippen LogP contribution < -0.4 is 16.0 Å². The van der Waals surface area contributed by atoms with E-state index >= 15 is 0 Å². The molecule has 2 atom stereocenters. The van der Waals surface area contributed by atoms with Gasteiger partial charge in [0.1, 0.15) is 24.0 Å². The van der Waals surface area contributed by atoms with Gasteiger partial charge in [-0.05, 0) is 54.8 Å². The Kier molecular flexibility index (Phi) is 8.76. The van der Waals surface area contributed by atoms with Crippen LogP contribution in [0.15, 0.2) is 77.5 Å². The third-order valence-electron chi connectivity index (χ3n) is 7.82. The van der Waals surface area contributed by atoms with Gasteiger partial charge in [0.05, 0.1) is 23.8 Å². The highest BCUT2D eigenvalue weighted by atomic mass is 16.5. The van der Waals surface area contributed by atoms with E-state index in [1.807, 2.05) is 42.5 Å². The van der Waals surface area contributed by atoms with Crippen LogP contribution in [0.2, 0.25) is 0 Å². The summed E-state index contributed by atoms with van der Waals surface area (Å²) in [5, 5.41) is 9.52. The lowest BCUT2D eigenvalue weighted by Crippen LogP contribution is -2.54. The molecule has 0 radical (unpaired) electrons. The van der Waals surface area contributed by atoms with Gasteiger partial charge in [0.15, 0.2) is 0 Å². The molecule has 4 aromatic rings. The number of aromatic nitrogens is 1. The zero-order valence-electron chi connectivity index (χ0n) is 24.3. The Morgan fingerprint density at radius 3 is 2.71 bits per heavy atom. The van der Waals surface area contributed by atoms with Gasteiger partial charge >= 0.3 is 0 Å². The van der Waals surface area contributed by atoms with Crippen molar-refractivity contribution >= 4 is 40.5 Å². The van der Waals surface area contributed by atoms with Crippen LogP contribution in [0.4, 0.5) is 0 Å². The molecular weight excluding hydrogens is 578 g/mol. The summed E-state index contributed by atoms with van der Waals surface area (Å²) in [6.07, 6.45) is 4.26. The number of ether oxygens (including phenoxy) is 1. The highest BCUT2D eigenvalue weighted by Crippen LogP contribution is 2.31. The maximum atomic E-state index is 13.2. The molecule has 2 aromatic heterocycles. The molecule has 12 nitrogen and oxygen atoms in total. The molecule has 0 aliphatic carbocycles. The molecule has 0 spiro atoms. The highest BCUT2D eigenvalue weighted by Gasteiger charge is 2.45. The van der Waals surface area contributed by atoms with Gasteiger partial charge in [-0.2, -0.15) is 0 Å². The molecule has 4 heterocycles. The number of benzene rings is 2. The zero-order valence-corrected chi connectivity index (χ0v) is 24.3. The molecule has 2 unspecified atom stereocenters. The maximum absolute atomic E-state index is 13.2. The van der Waals surface area contributed by atoms with Crippen LogP contribution in [-0.4, -0.2) is 65.2 Å². The molecule has 230 valence electrons. The first-order valence-corrected chi connectivity index (χ1v) is 14.7. The molecule has 2 aromatic carbocycles. The molecule has 0 saturated carbocycles. The van der Waals surface area contributed by atoms with Gasteiger partial charge in [-0.3, -0.25) is 39.2 Å². The molecule has 5 amide bonds. The maximum Gasteiger partial charge on any atom is 0.262 e. The summed E-state index contributed by atoms with van der Waals surface area (Å²) in [6, 6.07) is 17.2. The third kappa shape index (κ3) is 6.37. The topological polar surface area (TPSA) is 160 Å². The summed E-state index contributed by atoms with van der Waals surface area (Å²) in [4.78, 5) is 67.7. The molecular formula is C33H31N5O7. The number of fused-ring (bicyclic) bond motifs is 2. The molecule has 2 aliphatic rings. The predicted octanol–water partition coefficient (Wildman–Crippen LogP) is 2.63. The lowest BCUT2D eigenvalue weighted by Gasteiger charge is -2.27. The number of nitrogens with zero attached hydrogens (tertiary/aromatic N) is 2. The Morgan fingerprint density at radius 2 is 1.91 bits per heavy atom. The van der Waals surface area contributed by atoms with Crippen molar-refractivity contribution in [2.45, 2.75) is 38.0 Å². The number of para-hydroxylation sites is 1. The number of pyridine rings is 1. The molecule has 1 fully saturated rings. The van der Waals surface area contributed by atoms with E-state index in [1.54, 1.807) is 24.5 Å². The van der Waals surface area contributed by atoms with Gasteiger partial charge in [-0.15, -0.1) is 0 Å². The average Bonchev–Trinajstić information content (AvgIpc) is 3.58. The first-order valence-electron chi connectivity index (χ1n) is 14.7. The fourth-order valence-corrected chi connectivity index (χ4v) is 5.65. The van der Waals surface area contributed by atoms with Crippen LogP contribution in [0.1, 0.15) is 62.9 Å². The van der Waals surface area contributed by atoms with E-state index in [4.69, 9.17) is 9.15 Å². The van der Waals surface area contributed by atoms with E-state index in [0.29, 0.717) is 25.1 Å². The molecule has 1 saturated heterocycles. The van der Waals surface area contributed by atoms with Crippen molar-refractivity contribution in [3.8, 4) is 0 Å². The van der Waals surface area contributed by atoms with Crippen LogP contribution in [0, 0.1) is 0 Å². The number of nitrogens with one attached hydrogen (secondary N) is 3. The third-order valence-corrected chi connectivity index (χ3v) is 7.82. The van der Waals surface area contributed by atoms with E-state index < -0.39 is 29.7 Å². The van der Waals surface area contributed by atoms with Gasteiger partial charge in [-0.1, -0.05) is 36.4 Å². The monoisotopic (exact) mass is 609 g/mol. The predicted molar refractivity (Wildman–Crippen MR) is 161 cm³/mol. The number of amides is 5. The van der Waals surface area contributed by atoms with E-state index in [1.165, 1.54) is 6.07 Å². The van der Waals surface area contributed by atoms with Crippen LogP contribution in [0.5, 0.6) is 0 Å². The van der Waals surface area contributed by atoms with Crippen molar-refractivity contribution in [3.05, 3.63) is 101 Å². The van der Waals surface area contributed by atoms with E-state index in [9.17, 15) is 24.0 Å². The van der Waals surface area contributed by atoms with Crippen molar-refractivity contribution in [2.75, 3.05) is 19.7 Å². The number of imide groups is 2. The summed E-state index contributed by atoms with van der Waals surface area (Å²) in [5.74, 6) is -1.87. The number of carbonyl (C=O) groups is 5. The fourth-order valence-electron chi connectivity index (χ4n) is 5.65. The Balaban J connectivity index is 0.982. The highest BCUT2D eigenvalue weighted by molar-refractivity contribution is 6.24. The van der Waals surface area contributed by atoms with Gasteiger partial charge in [-0.25, -0.2) is 0 Å². The summed E-state index contributed by atoms with van der Waals surface area (Å²) in [6.45, 7) is 0.676. The molecule has 6 rings (SSSR count). The quantitative estimate of drug-likeness (QED) is 0.162. The van der Waals surface area contributed by atoms with Crippen molar-refractivity contribution in [2.24, 2.45) is 0 Å². The number of hydrogen-bond acceptors (Lipinski definition) is 9. The van der Waals surface area contributed by atoms with Crippen LogP contribution in [0.25, 0.3) is 11.0 Å². The minimum absolute atomic E-state index is 0.0390. The number of carbonyl (C=O) groups excluding carboxylic acids is 5. The van der Waals surface area contributed by atoms with Crippen molar-refractivity contribution in [1.29, 1.82) is 0 Å². The molecule has 2 aliphatic heterocycles. The first-order chi connectivity index (χ1) is 21.9. The number of hydrogen-bond donors (Lipinski definition) is 3. The van der Waals surface area contributed by atoms with Crippen LogP contribution in [-0.2, 0) is 25.7 Å². The van der Waals surface area contributed by atoms with E-state index in [-0.39, 0.29) is 49.1 Å². The van der Waals surface area contributed by atoms with Crippen molar-refractivity contribution in [1.82, 2.24) is 25.8 Å². The van der Waals surface area contributed by atoms with Crippen molar-refractivity contribution < 1.29 is 33.1 Å². The lowest BCUT2D eigenvalue weighted by atomic mass is 10.0. The molecule has 0 bridgehead atoms. The summed E-state index contributed by atoms with van der Waals surface area (Å²) < 4.78 is 11.7. The normalized spacial score (nSPS) is 17.0. The smallest absolute Gasteiger partial charge is 0.262 e. The Hall–Kier alpha value is -5.20. The molecule has 45 heavy (non-hydrogen) atoms. The Bertz CT molecular complexity index is 1740. The van der Waals surface area contributed by atoms with Gasteiger partial charge < -0.3 is 19.8 Å². The second-order valence-corrected chi connectivity index (χ2v) is 10.8. The molecule has 12 heteroatoms. The summed E-state index contributed by atoms with van der Waals surface area (Å²) in [5.41, 5.74) is 2.51. The first kappa shape index (κ1) is 29.9. The minimum Gasteiger partial charge on any atom is -0.459 e. The second kappa shape index (κ2) is 13.2. The minimum atomic E-state index is -1.05.